The lowest BCUT2D eigenvalue weighted by Gasteiger charge is -2.26. The van der Waals surface area contributed by atoms with Gasteiger partial charge in [-0.15, -0.1) is 0 Å². The zero-order valence-electron chi connectivity index (χ0n) is 19.4. The summed E-state index contributed by atoms with van der Waals surface area (Å²) in [7, 11) is -3.53. The second-order valence-electron chi connectivity index (χ2n) is 8.72. The van der Waals surface area contributed by atoms with E-state index in [0.29, 0.717) is 44.3 Å². The Balaban J connectivity index is 1.42. The van der Waals surface area contributed by atoms with Crippen molar-refractivity contribution < 1.29 is 27.4 Å². The van der Waals surface area contributed by atoms with Crippen molar-refractivity contribution in [1.82, 2.24) is 9.62 Å². The highest BCUT2D eigenvalue weighted by Crippen LogP contribution is 2.30. The van der Waals surface area contributed by atoms with Gasteiger partial charge in [-0.3, -0.25) is 4.79 Å². The summed E-state index contributed by atoms with van der Waals surface area (Å²) in [4.78, 5) is 12.3. The molecule has 2 aromatic rings. The number of hydrogen-bond donors (Lipinski definition) is 1. The minimum Gasteiger partial charge on any atom is -0.492 e. The van der Waals surface area contributed by atoms with E-state index < -0.39 is 10.0 Å². The van der Waals surface area contributed by atoms with Gasteiger partial charge in [0.25, 0.3) is 5.91 Å². The largest absolute Gasteiger partial charge is 0.492 e. The van der Waals surface area contributed by atoms with Crippen LogP contribution < -0.4 is 14.8 Å². The molecule has 0 bridgehead atoms. The number of hydrogen-bond acceptors (Lipinski definition) is 6. The monoisotopic (exact) mass is 476 g/mol. The highest BCUT2D eigenvalue weighted by molar-refractivity contribution is 7.89. The van der Waals surface area contributed by atoms with Crippen molar-refractivity contribution in [3.8, 4) is 11.5 Å². The number of morpholine rings is 1. The molecule has 9 heteroatoms. The minimum atomic E-state index is -3.53. The molecule has 1 heterocycles. The molecule has 0 unspecified atom stereocenters. The number of benzene rings is 2. The van der Waals surface area contributed by atoms with Crippen LogP contribution in [-0.4, -0.2) is 64.7 Å². The normalized spacial score (nSPS) is 15.1. The fourth-order valence-electron chi connectivity index (χ4n) is 3.41. The van der Waals surface area contributed by atoms with Crippen LogP contribution in [0.2, 0.25) is 0 Å². The molecule has 1 aliphatic heterocycles. The first kappa shape index (κ1) is 25.0. The Kier molecular flexibility index (Phi) is 8.34. The predicted octanol–water partition coefficient (Wildman–Crippen LogP) is 2.58. The minimum absolute atomic E-state index is 0.0822. The van der Waals surface area contributed by atoms with Gasteiger partial charge < -0.3 is 19.5 Å². The molecule has 0 radical (unpaired) electrons. The van der Waals surface area contributed by atoms with E-state index in [-0.39, 0.29) is 29.4 Å². The molecule has 0 aromatic heterocycles. The fourth-order valence-corrected chi connectivity index (χ4v) is 4.82. The molecular formula is C24H32N2O6S. The van der Waals surface area contributed by atoms with Crippen LogP contribution in [0.25, 0.3) is 0 Å². The topological polar surface area (TPSA) is 94.2 Å². The molecule has 0 saturated carbocycles. The zero-order chi connectivity index (χ0) is 23.9. The molecular weight excluding hydrogens is 444 g/mol. The predicted molar refractivity (Wildman–Crippen MR) is 125 cm³/mol. The van der Waals surface area contributed by atoms with E-state index in [1.54, 1.807) is 12.1 Å². The van der Waals surface area contributed by atoms with E-state index in [0.717, 1.165) is 5.56 Å². The molecule has 0 aliphatic carbocycles. The van der Waals surface area contributed by atoms with Crippen molar-refractivity contribution in [2.24, 2.45) is 0 Å². The highest BCUT2D eigenvalue weighted by Gasteiger charge is 2.26. The lowest BCUT2D eigenvalue weighted by molar-refractivity contribution is -0.123. The van der Waals surface area contributed by atoms with Gasteiger partial charge in [-0.05, 0) is 41.3 Å². The fraction of sp³-hybridized carbons (Fsp3) is 0.458. The summed E-state index contributed by atoms with van der Waals surface area (Å²) in [6.07, 6.45) is 0. The van der Waals surface area contributed by atoms with Crippen LogP contribution in [0.5, 0.6) is 11.5 Å². The standard InChI is InChI=1S/C24H32N2O6S/c1-24(2,3)21-6-4-5-7-22(21)32-18-23(27)25-12-15-31-19-8-10-20(11-9-19)33(28,29)26-13-16-30-17-14-26/h4-11H,12-18H2,1-3H3,(H,25,27). The number of ether oxygens (including phenoxy) is 3. The van der Waals surface area contributed by atoms with E-state index in [9.17, 15) is 13.2 Å². The average Bonchev–Trinajstić information content (AvgIpc) is 2.81. The summed E-state index contributed by atoms with van der Waals surface area (Å²) in [5.41, 5.74) is 0.957. The molecule has 3 rings (SSSR count). The quantitative estimate of drug-likeness (QED) is 0.559. The number of amides is 1. The van der Waals surface area contributed by atoms with Gasteiger partial charge in [-0.25, -0.2) is 8.42 Å². The Morgan fingerprint density at radius 1 is 1.03 bits per heavy atom. The van der Waals surface area contributed by atoms with Crippen LogP contribution in [0.15, 0.2) is 53.4 Å². The molecule has 1 fully saturated rings. The van der Waals surface area contributed by atoms with Crippen molar-refractivity contribution in [3.63, 3.8) is 0 Å². The van der Waals surface area contributed by atoms with Crippen LogP contribution in [0.1, 0.15) is 26.3 Å². The van der Waals surface area contributed by atoms with Crippen molar-refractivity contribution in [2.45, 2.75) is 31.1 Å². The number of carbonyl (C=O) groups excluding carboxylic acids is 1. The molecule has 33 heavy (non-hydrogen) atoms. The lowest BCUT2D eigenvalue weighted by atomic mass is 9.86. The maximum absolute atomic E-state index is 12.6. The van der Waals surface area contributed by atoms with E-state index >= 15 is 0 Å². The van der Waals surface area contributed by atoms with E-state index in [1.807, 2.05) is 24.3 Å². The summed E-state index contributed by atoms with van der Waals surface area (Å²) in [5.74, 6) is 0.985. The maximum atomic E-state index is 12.6. The molecule has 0 spiro atoms. The van der Waals surface area contributed by atoms with Gasteiger partial charge in [0.2, 0.25) is 10.0 Å². The highest BCUT2D eigenvalue weighted by atomic mass is 32.2. The Morgan fingerprint density at radius 3 is 2.36 bits per heavy atom. The Labute approximate surface area is 195 Å². The molecule has 8 nitrogen and oxygen atoms in total. The number of sulfonamides is 1. The molecule has 1 N–H and O–H groups in total. The smallest absolute Gasteiger partial charge is 0.258 e. The summed E-state index contributed by atoms with van der Waals surface area (Å²) in [6, 6.07) is 14.0. The third-order valence-electron chi connectivity index (χ3n) is 5.18. The molecule has 1 aliphatic rings. The molecule has 180 valence electrons. The first-order chi connectivity index (χ1) is 15.7. The van der Waals surface area contributed by atoms with E-state index in [2.05, 4.69) is 26.1 Å². The zero-order valence-corrected chi connectivity index (χ0v) is 20.2. The van der Waals surface area contributed by atoms with Crippen LogP contribution >= 0.6 is 0 Å². The van der Waals surface area contributed by atoms with Gasteiger partial charge in [0.15, 0.2) is 6.61 Å². The van der Waals surface area contributed by atoms with Crippen molar-refractivity contribution >= 4 is 15.9 Å². The summed E-state index contributed by atoms with van der Waals surface area (Å²) < 4.78 is 43.2. The first-order valence-corrected chi connectivity index (χ1v) is 12.4. The number of para-hydroxylation sites is 1. The van der Waals surface area contributed by atoms with Gasteiger partial charge in [0.05, 0.1) is 24.7 Å². The van der Waals surface area contributed by atoms with Crippen LogP contribution in [-0.2, 0) is 25.0 Å². The molecule has 0 atom stereocenters. The second kappa shape index (κ2) is 11.0. The molecule has 2 aromatic carbocycles. The Morgan fingerprint density at radius 2 is 1.70 bits per heavy atom. The number of carbonyl (C=O) groups is 1. The van der Waals surface area contributed by atoms with Crippen molar-refractivity contribution in [1.29, 1.82) is 0 Å². The summed E-state index contributed by atoms with van der Waals surface area (Å²) >= 11 is 0. The van der Waals surface area contributed by atoms with Gasteiger partial charge in [0, 0.05) is 13.1 Å². The number of rotatable bonds is 9. The SMILES string of the molecule is CC(C)(C)c1ccccc1OCC(=O)NCCOc1ccc(S(=O)(=O)N2CCOCC2)cc1. The van der Waals surface area contributed by atoms with Gasteiger partial charge in [-0.2, -0.15) is 4.31 Å². The lowest BCUT2D eigenvalue weighted by Crippen LogP contribution is -2.40. The summed E-state index contributed by atoms with van der Waals surface area (Å²) in [5, 5.41) is 2.76. The van der Waals surface area contributed by atoms with Gasteiger partial charge in [0.1, 0.15) is 18.1 Å². The number of nitrogens with one attached hydrogen (secondary N) is 1. The van der Waals surface area contributed by atoms with Crippen LogP contribution in [0.4, 0.5) is 0 Å². The van der Waals surface area contributed by atoms with Gasteiger partial charge in [-0.1, -0.05) is 39.0 Å². The Hall–Kier alpha value is -2.62. The molecule has 1 saturated heterocycles. The van der Waals surface area contributed by atoms with Gasteiger partial charge >= 0.3 is 0 Å². The average molecular weight is 477 g/mol. The third kappa shape index (κ3) is 6.93. The third-order valence-corrected chi connectivity index (χ3v) is 7.09. The maximum Gasteiger partial charge on any atom is 0.258 e. The van der Waals surface area contributed by atoms with E-state index in [1.165, 1.54) is 16.4 Å². The second-order valence-corrected chi connectivity index (χ2v) is 10.7. The van der Waals surface area contributed by atoms with Crippen molar-refractivity contribution in [2.75, 3.05) is 46.1 Å². The van der Waals surface area contributed by atoms with Crippen LogP contribution in [0, 0.1) is 0 Å². The van der Waals surface area contributed by atoms with E-state index in [4.69, 9.17) is 14.2 Å². The summed E-state index contributed by atoms with van der Waals surface area (Å²) in [6.45, 7) is 8.27. The number of nitrogens with zero attached hydrogens (tertiary/aromatic N) is 1. The first-order valence-electron chi connectivity index (χ1n) is 11.0. The van der Waals surface area contributed by atoms with Crippen molar-refractivity contribution in [3.05, 3.63) is 54.1 Å². The molecule has 1 amide bonds. The Bertz CT molecular complexity index is 1030. The van der Waals surface area contributed by atoms with Crippen LogP contribution in [0.3, 0.4) is 0 Å².